The number of nitrogens with one attached hydrogen (secondary N) is 1. The van der Waals surface area contributed by atoms with E-state index in [1.54, 1.807) is 7.11 Å². The van der Waals surface area contributed by atoms with Crippen LogP contribution in [0.1, 0.15) is 24.9 Å². The van der Waals surface area contributed by atoms with Crippen LogP contribution in [-0.4, -0.2) is 52.3 Å². The van der Waals surface area contributed by atoms with Crippen molar-refractivity contribution in [2.75, 3.05) is 46.2 Å². The molecule has 0 aromatic heterocycles. The molecule has 1 heterocycles. The summed E-state index contributed by atoms with van der Waals surface area (Å²) in [6.45, 7) is 4.38. The highest BCUT2D eigenvalue weighted by molar-refractivity contribution is 5.61. The molecule has 0 aliphatic carbocycles. The number of hydrogen-bond acceptors (Lipinski definition) is 4. The van der Waals surface area contributed by atoms with Crippen molar-refractivity contribution in [2.24, 2.45) is 0 Å². The number of likely N-dealkylation sites (N-methyl/N-ethyl adjacent to an activating group) is 1. The number of benzene rings is 1. The van der Waals surface area contributed by atoms with E-state index >= 15 is 0 Å². The summed E-state index contributed by atoms with van der Waals surface area (Å²) in [7, 11) is 8.07. The molecule has 2 unspecified atom stereocenters. The minimum absolute atomic E-state index is 0.277. The van der Waals surface area contributed by atoms with Crippen molar-refractivity contribution < 1.29 is 4.74 Å². The van der Waals surface area contributed by atoms with Gasteiger partial charge < -0.3 is 19.9 Å². The first kappa shape index (κ1) is 15.1. The Morgan fingerprint density at radius 2 is 2.15 bits per heavy atom. The molecule has 1 saturated heterocycles. The van der Waals surface area contributed by atoms with Crippen molar-refractivity contribution in [3.8, 4) is 5.75 Å². The zero-order valence-corrected chi connectivity index (χ0v) is 13.3. The lowest BCUT2D eigenvalue weighted by atomic mass is 10.0. The Morgan fingerprint density at radius 1 is 1.40 bits per heavy atom. The van der Waals surface area contributed by atoms with Crippen LogP contribution in [0, 0.1) is 0 Å². The number of anilines is 1. The maximum Gasteiger partial charge on any atom is 0.125 e. The molecular formula is C16H27N3O. The summed E-state index contributed by atoms with van der Waals surface area (Å²) < 4.78 is 5.57. The van der Waals surface area contributed by atoms with Gasteiger partial charge in [-0.05, 0) is 46.6 Å². The Balaban J connectivity index is 2.32. The molecule has 0 saturated carbocycles. The molecule has 1 N–H and O–H groups in total. The van der Waals surface area contributed by atoms with Crippen molar-refractivity contribution in [2.45, 2.75) is 25.4 Å². The fraction of sp³-hybridized carbons (Fsp3) is 0.625. The van der Waals surface area contributed by atoms with Gasteiger partial charge in [-0.1, -0.05) is 6.07 Å². The van der Waals surface area contributed by atoms with E-state index in [2.05, 4.69) is 48.3 Å². The van der Waals surface area contributed by atoms with Gasteiger partial charge in [0, 0.05) is 36.4 Å². The Kier molecular flexibility index (Phi) is 4.89. The lowest BCUT2D eigenvalue weighted by Crippen LogP contribution is -2.32. The average Bonchev–Trinajstić information content (AvgIpc) is 2.95. The molecule has 2 rings (SSSR count). The quantitative estimate of drug-likeness (QED) is 0.892. The van der Waals surface area contributed by atoms with Crippen LogP contribution in [0.5, 0.6) is 5.75 Å². The van der Waals surface area contributed by atoms with Crippen LogP contribution < -0.4 is 15.0 Å². The molecule has 1 aliphatic heterocycles. The van der Waals surface area contributed by atoms with E-state index in [9.17, 15) is 0 Å². The Labute approximate surface area is 122 Å². The summed E-state index contributed by atoms with van der Waals surface area (Å²) >= 11 is 0. The average molecular weight is 277 g/mol. The Bertz CT molecular complexity index is 447. The van der Waals surface area contributed by atoms with Crippen LogP contribution in [0.4, 0.5) is 5.69 Å². The summed E-state index contributed by atoms with van der Waals surface area (Å²) in [5, 5.41) is 3.34. The molecule has 0 radical (unpaired) electrons. The lowest BCUT2D eigenvalue weighted by molar-refractivity contribution is 0.315. The smallest absolute Gasteiger partial charge is 0.125 e. The summed E-state index contributed by atoms with van der Waals surface area (Å²) in [4.78, 5) is 4.80. The predicted molar refractivity (Wildman–Crippen MR) is 84.8 cm³/mol. The largest absolute Gasteiger partial charge is 0.496 e. The van der Waals surface area contributed by atoms with Gasteiger partial charge in [-0.2, -0.15) is 0 Å². The summed E-state index contributed by atoms with van der Waals surface area (Å²) in [5.74, 6) is 0.970. The molecule has 4 heteroatoms. The second kappa shape index (κ2) is 6.46. The van der Waals surface area contributed by atoms with Gasteiger partial charge in [-0.25, -0.2) is 0 Å². The number of nitrogens with zero attached hydrogens (tertiary/aromatic N) is 2. The monoisotopic (exact) mass is 277 g/mol. The second-order valence-corrected chi connectivity index (χ2v) is 5.76. The van der Waals surface area contributed by atoms with Crippen molar-refractivity contribution in [3.05, 3.63) is 23.8 Å². The van der Waals surface area contributed by atoms with E-state index in [0.717, 1.165) is 18.8 Å². The van der Waals surface area contributed by atoms with E-state index in [1.165, 1.54) is 17.7 Å². The number of methoxy groups -OCH3 is 1. The first-order chi connectivity index (χ1) is 9.58. The van der Waals surface area contributed by atoms with Gasteiger partial charge in [-0.3, -0.25) is 0 Å². The standard InChI is InChI=1S/C16H27N3O/c1-12(17-2)16-14(7-6-8-15(16)20-5)19-10-9-13(11-19)18(3)4/h6-8,12-13,17H,9-11H2,1-5H3. The van der Waals surface area contributed by atoms with Crippen LogP contribution >= 0.6 is 0 Å². The minimum Gasteiger partial charge on any atom is -0.496 e. The van der Waals surface area contributed by atoms with E-state index in [-0.39, 0.29) is 6.04 Å². The highest BCUT2D eigenvalue weighted by atomic mass is 16.5. The molecule has 0 spiro atoms. The number of hydrogen-bond donors (Lipinski definition) is 1. The molecule has 1 aliphatic rings. The van der Waals surface area contributed by atoms with Crippen molar-refractivity contribution in [1.82, 2.24) is 10.2 Å². The zero-order valence-electron chi connectivity index (χ0n) is 13.3. The van der Waals surface area contributed by atoms with Gasteiger partial charge in [0.25, 0.3) is 0 Å². The number of rotatable bonds is 5. The Morgan fingerprint density at radius 3 is 2.70 bits per heavy atom. The third-order valence-electron chi connectivity index (χ3n) is 4.36. The van der Waals surface area contributed by atoms with Crippen LogP contribution in [0.25, 0.3) is 0 Å². The van der Waals surface area contributed by atoms with E-state index in [1.807, 2.05) is 13.1 Å². The first-order valence-corrected chi connectivity index (χ1v) is 7.34. The zero-order chi connectivity index (χ0) is 14.7. The second-order valence-electron chi connectivity index (χ2n) is 5.76. The highest BCUT2D eigenvalue weighted by Gasteiger charge is 2.27. The van der Waals surface area contributed by atoms with Crippen molar-refractivity contribution >= 4 is 5.69 Å². The molecule has 0 bridgehead atoms. The van der Waals surface area contributed by atoms with Crippen LogP contribution in [0.2, 0.25) is 0 Å². The summed E-state index contributed by atoms with van der Waals surface area (Å²) in [6.07, 6.45) is 1.22. The maximum atomic E-state index is 5.57. The normalized spacial score (nSPS) is 20.5. The topological polar surface area (TPSA) is 27.7 Å². The fourth-order valence-electron chi connectivity index (χ4n) is 2.95. The maximum absolute atomic E-state index is 5.57. The summed E-state index contributed by atoms with van der Waals surface area (Å²) in [5.41, 5.74) is 2.56. The molecule has 20 heavy (non-hydrogen) atoms. The third kappa shape index (κ3) is 2.91. The summed E-state index contributed by atoms with van der Waals surface area (Å²) in [6, 6.07) is 7.26. The molecule has 1 fully saturated rings. The minimum atomic E-state index is 0.277. The van der Waals surface area contributed by atoms with Gasteiger partial charge in [0.1, 0.15) is 5.75 Å². The molecule has 1 aromatic carbocycles. The SMILES string of the molecule is CNC(C)c1c(OC)cccc1N1CCC(N(C)C)C1. The fourth-order valence-corrected chi connectivity index (χ4v) is 2.95. The van der Waals surface area contributed by atoms with Crippen LogP contribution in [0.15, 0.2) is 18.2 Å². The number of ether oxygens (including phenoxy) is 1. The van der Waals surface area contributed by atoms with E-state index in [0.29, 0.717) is 6.04 Å². The van der Waals surface area contributed by atoms with Gasteiger partial charge in [-0.15, -0.1) is 0 Å². The molecular weight excluding hydrogens is 250 g/mol. The van der Waals surface area contributed by atoms with Gasteiger partial charge >= 0.3 is 0 Å². The van der Waals surface area contributed by atoms with Crippen molar-refractivity contribution in [3.63, 3.8) is 0 Å². The van der Waals surface area contributed by atoms with Crippen LogP contribution in [-0.2, 0) is 0 Å². The van der Waals surface area contributed by atoms with Gasteiger partial charge in [0.15, 0.2) is 0 Å². The molecule has 0 amide bonds. The first-order valence-electron chi connectivity index (χ1n) is 7.34. The molecule has 4 nitrogen and oxygen atoms in total. The predicted octanol–water partition coefficient (Wildman–Crippen LogP) is 2.12. The molecule has 2 atom stereocenters. The van der Waals surface area contributed by atoms with E-state index < -0.39 is 0 Å². The molecule has 1 aromatic rings. The Hall–Kier alpha value is -1.26. The van der Waals surface area contributed by atoms with Crippen molar-refractivity contribution in [1.29, 1.82) is 0 Å². The van der Waals surface area contributed by atoms with Crippen LogP contribution in [0.3, 0.4) is 0 Å². The molecule has 112 valence electrons. The van der Waals surface area contributed by atoms with E-state index in [4.69, 9.17) is 4.74 Å². The highest BCUT2D eigenvalue weighted by Crippen LogP contribution is 2.36. The lowest BCUT2D eigenvalue weighted by Gasteiger charge is -2.27. The third-order valence-corrected chi connectivity index (χ3v) is 4.36. The van der Waals surface area contributed by atoms with Gasteiger partial charge in [0.2, 0.25) is 0 Å². The van der Waals surface area contributed by atoms with Gasteiger partial charge in [0.05, 0.1) is 7.11 Å².